The molecule has 0 spiro atoms. The Morgan fingerprint density at radius 3 is 2.57 bits per heavy atom. The number of urea groups is 1. The van der Waals surface area contributed by atoms with Gasteiger partial charge >= 0.3 is 6.03 Å². The molecule has 1 fully saturated rings. The van der Waals surface area contributed by atoms with Crippen LogP contribution in [0.25, 0.3) is 0 Å². The second-order valence-corrected chi connectivity index (χ2v) is 6.35. The fraction of sp³-hybridized carbons (Fsp3) is 0.556. The fourth-order valence-corrected chi connectivity index (χ4v) is 2.94. The maximum Gasteiger partial charge on any atom is 0.315 e. The van der Waals surface area contributed by atoms with Gasteiger partial charge in [-0.2, -0.15) is 0 Å². The number of anilines is 1. The van der Waals surface area contributed by atoms with Crippen LogP contribution in [0.4, 0.5) is 10.5 Å². The summed E-state index contributed by atoms with van der Waals surface area (Å²) in [5.41, 5.74) is 3.04. The fourth-order valence-electron chi connectivity index (χ4n) is 2.94. The van der Waals surface area contributed by atoms with Gasteiger partial charge in [-0.15, -0.1) is 0 Å². The molecular weight excluding hydrogens is 290 g/mol. The number of benzene rings is 1. The first kappa shape index (κ1) is 17.3. The molecule has 0 heterocycles. The number of aryl methyl sites for hydroxylation is 2. The Hall–Kier alpha value is -2.04. The van der Waals surface area contributed by atoms with Crippen LogP contribution in [0.1, 0.15) is 49.7 Å². The lowest BCUT2D eigenvalue weighted by Crippen LogP contribution is -2.43. The molecule has 0 radical (unpaired) electrons. The third-order valence-corrected chi connectivity index (χ3v) is 4.23. The van der Waals surface area contributed by atoms with Crippen LogP contribution in [0.5, 0.6) is 0 Å². The normalized spacial score (nSPS) is 15.0. The van der Waals surface area contributed by atoms with E-state index in [0.29, 0.717) is 6.54 Å². The van der Waals surface area contributed by atoms with Gasteiger partial charge in [-0.25, -0.2) is 4.79 Å². The third-order valence-electron chi connectivity index (χ3n) is 4.23. The molecule has 2 rings (SSSR count). The van der Waals surface area contributed by atoms with Crippen LogP contribution in [-0.4, -0.2) is 24.5 Å². The van der Waals surface area contributed by atoms with Crippen LogP contribution < -0.4 is 16.0 Å². The maximum atomic E-state index is 11.9. The molecule has 126 valence electrons. The van der Waals surface area contributed by atoms with E-state index in [4.69, 9.17) is 0 Å². The van der Waals surface area contributed by atoms with E-state index < -0.39 is 0 Å². The molecule has 0 aromatic heterocycles. The minimum Gasteiger partial charge on any atom is -0.338 e. The molecule has 0 unspecified atom stereocenters. The Balaban J connectivity index is 1.66. The molecule has 1 saturated carbocycles. The quantitative estimate of drug-likeness (QED) is 0.780. The van der Waals surface area contributed by atoms with Crippen molar-refractivity contribution in [2.45, 2.75) is 58.4 Å². The molecule has 5 heteroatoms. The number of nitrogens with one attached hydrogen (secondary N) is 3. The molecule has 0 saturated heterocycles. The predicted octanol–water partition coefficient (Wildman–Crippen LogP) is 3.26. The molecule has 0 atom stereocenters. The van der Waals surface area contributed by atoms with Gasteiger partial charge < -0.3 is 16.0 Å². The summed E-state index contributed by atoms with van der Waals surface area (Å²) < 4.78 is 0. The van der Waals surface area contributed by atoms with E-state index in [1.165, 1.54) is 24.8 Å². The first-order valence-electron chi connectivity index (χ1n) is 8.46. The van der Waals surface area contributed by atoms with Gasteiger partial charge in [-0.3, -0.25) is 4.79 Å². The minimum atomic E-state index is -0.170. The number of carbonyl (C=O) groups excluding carboxylic acids is 2. The van der Waals surface area contributed by atoms with Crippen LogP contribution in [-0.2, 0) is 4.79 Å². The lowest BCUT2D eigenvalue weighted by Gasteiger charge is -2.22. The highest BCUT2D eigenvalue weighted by molar-refractivity contribution is 5.91. The van der Waals surface area contributed by atoms with Crippen molar-refractivity contribution in [1.82, 2.24) is 10.6 Å². The standard InChI is InChI=1S/C18H27N3O2/c1-13-8-9-16(14(2)12-13)21-17(22)10-11-19-18(23)20-15-6-4-3-5-7-15/h8-9,12,15H,3-7,10-11H2,1-2H3,(H,21,22)(H2,19,20,23). The molecule has 0 bridgehead atoms. The molecule has 23 heavy (non-hydrogen) atoms. The van der Waals surface area contributed by atoms with E-state index in [-0.39, 0.29) is 24.4 Å². The zero-order valence-corrected chi connectivity index (χ0v) is 14.1. The van der Waals surface area contributed by atoms with Crippen molar-refractivity contribution in [3.8, 4) is 0 Å². The average Bonchev–Trinajstić information content (AvgIpc) is 2.51. The number of carbonyl (C=O) groups is 2. The summed E-state index contributed by atoms with van der Waals surface area (Å²) in [6.45, 7) is 4.33. The summed E-state index contributed by atoms with van der Waals surface area (Å²) in [7, 11) is 0. The van der Waals surface area contributed by atoms with Gasteiger partial charge in [-0.1, -0.05) is 37.0 Å². The highest BCUT2D eigenvalue weighted by Gasteiger charge is 2.15. The third kappa shape index (κ3) is 5.93. The van der Waals surface area contributed by atoms with E-state index in [0.717, 1.165) is 24.1 Å². The van der Waals surface area contributed by atoms with Gasteiger partial charge in [0.1, 0.15) is 0 Å². The van der Waals surface area contributed by atoms with E-state index in [1.54, 1.807) is 0 Å². The highest BCUT2D eigenvalue weighted by Crippen LogP contribution is 2.17. The second-order valence-electron chi connectivity index (χ2n) is 6.35. The summed E-state index contributed by atoms with van der Waals surface area (Å²) in [6.07, 6.45) is 6.01. The zero-order chi connectivity index (χ0) is 16.7. The van der Waals surface area contributed by atoms with Gasteiger partial charge in [-0.05, 0) is 38.3 Å². The van der Waals surface area contributed by atoms with Gasteiger partial charge in [0.15, 0.2) is 0 Å². The first-order chi connectivity index (χ1) is 11.0. The van der Waals surface area contributed by atoms with Crippen molar-refractivity contribution >= 4 is 17.6 Å². The summed E-state index contributed by atoms with van der Waals surface area (Å²) in [5.74, 6) is -0.0880. The summed E-state index contributed by atoms with van der Waals surface area (Å²) in [4.78, 5) is 23.7. The molecule has 1 aliphatic rings. The smallest absolute Gasteiger partial charge is 0.315 e. The summed E-state index contributed by atoms with van der Waals surface area (Å²) >= 11 is 0. The second kappa shape index (κ2) is 8.56. The monoisotopic (exact) mass is 317 g/mol. The molecule has 5 nitrogen and oxygen atoms in total. The Morgan fingerprint density at radius 1 is 1.13 bits per heavy atom. The number of hydrogen-bond acceptors (Lipinski definition) is 2. The number of rotatable bonds is 5. The molecule has 1 aromatic rings. The van der Waals surface area contributed by atoms with Crippen LogP contribution in [0, 0.1) is 13.8 Å². The molecule has 1 aliphatic carbocycles. The van der Waals surface area contributed by atoms with Crippen molar-refractivity contribution in [3.63, 3.8) is 0 Å². The van der Waals surface area contributed by atoms with E-state index in [9.17, 15) is 9.59 Å². The average molecular weight is 317 g/mol. The Kier molecular flexibility index (Phi) is 6.44. The summed E-state index contributed by atoms with van der Waals surface area (Å²) in [5, 5.41) is 8.62. The van der Waals surface area contributed by atoms with Gasteiger partial charge in [0.25, 0.3) is 0 Å². The van der Waals surface area contributed by atoms with Crippen molar-refractivity contribution < 1.29 is 9.59 Å². The van der Waals surface area contributed by atoms with Crippen molar-refractivity contribution in [2.75, 3.05) is 11.9 Å². The number of amides is 3. The van der Waals surface area contributed by atoms with Gasteiger partial charge in [0, 0.05) is 24.7 Å². The largest absolute Gasteiger partial charge is 0.338 e. The topological polar surface area (TPSA) is 70.2 Å². The molecule has 3 amide bonds. The van der Waals surface area contributed by atoms with E-state index in [2.05, 4.69) is 16.0 Å². The Morgan fingerprint density at radius 2 is 1.87 bits per heavy atom. The Labute approximate surface area is 138 Å². The zero-order valence-electron chi connectivity index (χ0n) is 14.1. The highest BCUT2D eigenvalue weighted by atomic mass is 16.2. The Bertz CT molecular complexity index is 551. The van der Waals surface area contributed by atoms with Crippen molar-refractivity contribution in [2.24, 2.45) is 0 Å². The van der Waals surface area contributed by atoms with Crippen LogP contribution in [0.15, 0.2) is 18.2 Å². The van der Waals surface area contributed by atoms with Gasteiger partial charge in [0.2, 0.25) is 5.91 Å². The summed E-state index contributed by atoms with van der Waals surface area (Å²) in [6, 6.07) is 6.03. The lowest BCUT2D eigenvalue weighted by molar-refractivity contribution is -0.116. The van der Waals surface area contributed by atoms with Crippen molar-refractivity contribution in [3.05, 3.63) is 29.3 Å². The SMILES string of the molecule is Cc1ccc(NC(=O)CCNC(=O)NC2CCCCC2)c(C)c1. The minimum absolute atomic E-state index is 0.0880. The van der Waals surface area contributed by atoms with Gasteiger partial charge in [0.05, 0.1) is 0 Å². The maximum absolute atomic E-state index is 11.9. The first-order valence-corrected chi connectivity index (χ1v) is 8.46. The van der Waals surface area contributed by atoms with Crippen LogP contribution >= 0.6 is 0 Å². The lowest BCUT2D eigenvalue weighted by atomic mass is 9.96. The van der Waals surface area contributed by atoms with Crippen LogP contribution in [0.3, 0.4) is 0 Å². The molecule has 3 N–H and O–H groups in total. The van der Waals surface area contributed by atoms with Crippen LogP contribution in [0.2, 0.25) is 0 Å². The molecule has 1 aromatic carbocycles. The molecular formula is C18H27N3O2. The molecule has 0 aliphatic heterocycles. The van der Waals surface area contributed by atoms with E-state index >= 15 is 0 Å². The predicted molar refractivity (Wildman–Crippen MR) is 92.6 cm³/mol. The van der Waals surface area contributed by atoms with E-state index in [1.807, 2.05) is 32.0 Å². The van der Waals surface area contributed by atoms with Crippen molar-refractivity contribution in [1.29, 1.82) is 0 Å². The number of hydrogen-bond donors (Lipinski definition) is 3.